The molecule has 0 aliphatic heterocycles. The van der Waals surface area contributed by atoms with Gasteiger partial charge in [-0.25, -0.2) is 9.37 Å². The molecule has 3 aromatic carbocycles. The van der Waals surface area contributed by atoms with Crippen LogP contribution >= 0.6 is 23.4 Å². The molecule has 1 N–H and O–H groups in total. The Bertz CT molecular complexity index is 1440. The van der Waals surface area contributed by atoms with Crippen molar-refractivity contribution in [2.45, 2.75) is 5.16 Å². The Labute approximate surface area is 195 Å². The van der Waals surface area contributed by atoms with Crippen molar-refractivity contribution in [2.24, 2.45) is 0 Å². The number of hydrogen-bond donors (Lipinski definition) is 1. The van der Waals surface area contributed by atoms with Gasteiger partial charge in [0.1, 0.15) is 10.8 Å². The van der Waals surface area contributed by atoms with Gasteiger partial charge in [0, 0.05) is 11.8 Å². The molecule has 0 fully saturated rings. The van der Waals surface area contributed by atoms with E-state index in [1.54, 1.807) is 24.3 Å². The van der Waals surface area contributed by atoms with E-state index in [0.29, 0.717) is 16.6 Å². The fourth-order valence-corrected chi connectivity index (χ4v) is 4.08. The predicted molar refractivity (Wildman–Crippen MR) is 125 cm³/mol. The summed E-state index contributed by atoms with van der Waals surface area (Å²) in [6, 6.07) is 16.1. The molecule has 0 spiro atoms. The first kappa shape index (κ1) is 22.4. The zero-order valence-corrected chi connectivity index (χ0v) is 18.3. The number of rotatable bonds is 6. The normalized spacial score (nSPS) is 10.8. The molecule has 0 radical (unpaired) electrons. The lowest BCUT2D eigenvalue weighted by Gasteiger charge is -2.13. The average molecular weight is 485 g/mol. The minimum Gasteiger partial charge on any atom is -0.325 e. The van der Waals surface area contributed by atoms with Gasteiger partial charge < -0.3 is 5.32 Å². The Morgan fingerprint density at radius 3 is 2.61 bits per heavy atom. The number of para-hydroxylation sites is 1. The van der Waals surface area contributed by atoms with Crippen molar-refractivity contribution in [1.82, 2.24) is 9.55 Å². The quantitative estimate of drug-likeness (QED) is 0.182. The molecule has 11 heteroatoms. The number of amides is 1. The maximum atomic E-state index is 13.4. The van der Waals surface area contributed by atoms with Crippen molar-refractivity contribution in [1.29, 1.82) is 0 Å². The number of nitrogens with one attached hydrogen (secondary N) is 1. The monoisotopic (exact) mass is 484 g/mol. The summed E-state index contributed by atoms with van der Waals surface area (Å²) in [5, 5.41) is 14.2. The maximum absolute atomic E-state index is 13.4. The molecule has 4 aromatic rings. The molecule has 0 aliphatic rings. The number of aromatic nitrogens is 2. The second-order valence-electron chi connectivity index (χ2n) is 6.79. The lowest BCUT2D eigenvalue weighted by Crippen LogP contribution is -2.23. The molecule has 33 heavy (non-hydrogen) atoms. The van der Waals surface area contributed by atoms with E-state index in [0.717, 1.165) is 17.8 Å². The molecular weight excluding hydrogens is 471 g/mol. The number of carbonyl (C=O) groups excluding carboxylic acids is 1. The number of nitrogens with zero attached hydrogens (tertiary/aromatic N) is 3. The molecule has 0 atom stereocenters. The number of hydrogen-bond acceptors (Lipinski definition) is 6. The number of thioether (sulfide) groups is 1. The summed E-state index contributed by atoms with van der Waals surface area (Å²) in [5.74, 6) is -1.06. The second kappa shape index (κ2) is 9.39. The smallest absolute Gasteiger partial charge is 0.289 e. The van der Waals surface area contributed by atoms with Crippen LogP contribution in [0.5, 0.6) is 0 Å². The lowest BCUT2D eigenvalue weighted by molar-refractivity contribution is -0.384. The number of benzene rings is 3. The Hall–Kier alpha value is -3.76. The van der Waals surface area contributed by atoms with Gasteiger partial charge in [-0.2, -0.15) is 0 Å². The fraction of sp³-hybridized carbons (Fsp3) is 0.0455. The maximum Gasteiger partial charge on any atom is 0.289 e. The van der Waals surface area contributed by atoms with E-state index >= 15 is 0 Å². The molecule has 0 bridgehead atoms. The summed E-state index contributed by atoms with van der Waals surface area (Å²) >= 11 is 6.80. The van der Waals surface area contributed by atoms with E-state index in [1.807, 2.05) is 0 Å². The van der Waals surface area contributed by atoms with Crippen LogP contribution < -0.4 is 10.9 Å². The molecule has 0 saturated heterocycles. The first-order chi connectivity index (χ1) is 15.8. The van der Waals surface area contributed by atoms with Crippen molar-refractivity contribution in [3.8, 4) is 5.69 Å². The van der Waals surface area contributed by atoms with Crippen molar-refractivity contribution in [3.05, 3.63) is 98.0 Å². The minimum atomic E-state index is -0.646. The third kappa shape index (κ3) is 4.86. The van der Waals surface area contributed by atoms with Crippen LogP contribution in [0, 0.1) is 15.9 Å². The summed E-state index contributed by atoms with van der Waals surface area (Å²) in [6.07, 6.45) is 0. The third-order valence-electron chi connectivity index (χ3n) is 4.59. The summed E-state index contributed by atoms with van der Waals surface area (Å²) in [6.45, 7) is 0. The standard InChI is InChI=1S/C22H14ClFN4O4S/c23-17-10-7-14(11-19(17)28(31)32)25-20(29)12-33-22-26-18-4-2-1-3-16(18)21(30)27(22)15-8-5-13(24)6-9-15/h1-11H,12H2,(H,25,29). The summed E-state index contributed by atoms with van der Waals surface area (Å²) in [5.41, 5.74) is 0.374. The highest BCUT2D eigenvalue weighted by molar-refractivity contribution is 7.99. The van der Waals surface area contributed by atoms with Gasteiger partial charge in [0.25, 0.3) is 11.2 Å². The highest BCUT2D eigenvalue weighted by atomic mass is 35.5. The lowest BCUT2D eigenvalue weighted by atomic mass is 10.2. The van der Waals surface area contributed by atoms with E-state index in [1.165, 1.54) is 41.0 Å². The molecule has 8 nitrogen and oxygen atoms in total. The molecule has 0 unspecified atom stereocenters. The van der Waals surface area contributed by atoms with Gasteiger partial charge in [-0.05, 0) is 48.5 Å². The van der Waals surface area contributed by atoms with Crippen LogP contribution in [0.15, 0.2) is 76.7 Å². The molecule has 1 amide bonds. The average Bonchev–Trinajstić information content (AvgIpc) is 2.80. The summed E-state index contributed by atoms with van der Waals surface area (Å²) in [4.78, 5) is 40.5. The second-order valence-corrected chi connectivity index (χ2v) is 8.14. The van der Waals surface area contributed by atoms with Gasteiger partial charge in [-0.15, -0.1) is 0 Å². The largest absolute Gasteiger partial charge is 0.325 e. The van der Waals surface area contributed by atoms with E-state index in [9.17, 15) is 24.1 Å². The van der Waals surface area contributed by atoms with Gasteiger partial charge in [0.15, 0.2) is 5.16 Å². The zero-order chi connectivity index (χ0) is 23.5. The summed E-state index contributed by atoms with van der Waals surface area (Å²) in [7, 11) is 0. The van der Waals surface area contributed by atoms with Gasteiger partial charge in [0.05, 0.1) is 27.3 Å². The molecular formula is C22H14ClFN4O4S. The molecule has 0 saturated carbocycles. The van der Waals surface area contributed by atoms with Crippen molar-refractivity contribution >= 4 is 51.5 Å². The van der Waals surface area contributed by atoms with Gasteiger partial charge in [0.2, 0.25) is 5.91 Å². The number of carbonyl (C=O) groups is 1. The van der Waals surface area contributed by atoms with Gasteiger partial charge in [-0.3, -0.25) is 24.3 Å². The SMILES string of the molecule is O=C(CSc1nc2ccccc2c(=O)n1-c1ccc(F)cc1)Nc1ccc(Cl)c([N+](=O)[O-])c1. The summed E-state index contributed by atoms with van der Waals surface area (Å²) < 4.78 is 14.7. The van der Waals surface area contributed by atoms with E-state index < -0.39 is 16.6 Å². The molecule has 1 aromatic heterocycles. The van der Waals surface area contributed by atoms with E-state index in [-0.39, 0.29) is 32.9 Å². The molecule has 1 heterocycles. The number of nitro benzene ring substituents is 1. The fourth-order valence-electron chi connectivity index (χ4n) is 3.08. The van der Waals surface area contributed by atoms with Crippen molar-refractivity contribution in [3.63, 3.8) is 0 Å². The first-order valence-corrected chi connectivity index (χ1v) is 10.8. The van der Waals surface area contributed by atoms with Gasteiger partial charge >= 0.3 is 0 Å². The van der Waals surface area contributed by atoms with E-state index in [2.05, 4.69) is 10.3 Å². The molecule has 166 valence electrons. The van der Waals surface area contributed by atoms with Crippen LogP contribution in [0.2, 0.25) is 5.02 Å². The number of nitro groups is 1. The van der Waals surface area contributed by atoms with Crippen LogP contribution in [-0.2, 0) is 4.79 Å². The van der Waals surface area contributed by atoms with Crippen LogP contribution in [-0.4, -0.2) is 26.1 Å². The van der Waals surface area contributed by atoms with Crippen molar-refractivity contribution < 1.29 is 14.1 Å². The first-order valence-electron chi connectivity index (χ1n) is 9.48. The van der Waals surface area contributed by atoms with Gasteiger partial charge in [-0.1, -0.05) is 35.5 Å². The van der Waals surface area contributed by atoms with Crippen LogP contribution in [0.1, 0.15) is 0 Å². The van der Waals surface area contributed by atoms with Crippen LogP contribution in [0.25, 0.3) is 16.6 Å². The van der Waals surface area contributed by atoms with Crippen molar-refractivity contribution in [2.75, 3.05) is 11.1 Å². The molecule has 4 rings (SSSR count). The van der Waals surface area contributed by atoms with Crippen LogP contribution in [0.4, 0.5) is 15.8 Å². The Morgan fingerprint density at radius 2 is 1.88 bits per heavy atom. The topological polar surface area (TPSA) is 107 Å². The highest BCUT2D eigenvalue weighted by Crippen LogP contribution is 2.28. The number of halogens is 2. The Balaban J connectivity index is 1.63. The molecule has 0 aliphatic carbocycles. The number of anilines is 1. The van der Waals surface area contributed by atoms with Crippen LogP contribution in [0.3, 0.4) is 0 Å². The van der Waals surface area contributed by atoms with E-state index in [4.69, 9.17) is 11.6 Å². The Morgan fingerprint density at radius 1 is 1.15 bits per heavy atom. The Kier molecular flexibility index (Phi) is 6.38. The third-order valence-corrected chi connectivity index (χ3v) is 5.85. The zero-order valence-electron chi connectivity index (χ0n) is 16.7. The predicted octanol–water partition coefficient (Wildman–Crippen LogP) is 4.82. The number of fused-ring (bicyclic) bond motifs is 1. The highest BCUT2D eigenvalue weighted by Gasteiger charge is 2.17. The minimum absolute atomic E-state index is 0.0453.